The summed E-state index contributed by atoms with van der Waals surface area (Å²) in [5.74, 6) is 0.0388. The maximum absolute atomic E-state index is 14.3. The van der Waals surface area contributed by atoms with Gasteiger partial charge in [0.2, 0.25) is 10.9 Å². The van der Waals surface area contributed by atoms with Gasteiger partial charge in [-0.25, -0.2) is 4.79 Å². The summed E-state index contributed by atoms with van der Waals surface area (Å²) in [6.45, 7) is 1.59. The van der Waals surface area contributed by atoms with Crippen molar-refractivity contribution < 1.29 is 23.8 Å². The normalized spacial score (nSPS) is 11.5. The Morgan fingerprint density at radius 1 is 0.604 bits per heavy atom. The van der Waals surface area contributed by atoms with Gasteiger partial charge in [0, 0.05) is 18.7 Å². The smallest absolute Gasteiger partial charge is 0.340 e. The second-order valence-corrected chi connectivity index (χ2v) is 12.3. The number of nitrogens with zero attached hydrogens (tertiary/aromatic N) is 1. The van der Waals surface area contributed by atoms with Crippen LogP contribution in [0.25, 0.3) is 0 Å². The molecule has 0 fully saturated rings. The third kappa shape index (κ3) is 10.6. The van der Waals surface area contributed by atoms with Crippen LogP contribution in [-0.2, 0) is 40.5 Å². The van der Waals surface area contributed by atoms with Crippen molar-refractivity contribution in [3.63, 3.8) is 0 Å². The zero-order valence-electron chi connectivity index (χ0n) is 26.4. The Bertz CT molecular complexity index is 1720. The summed E-state index contributed by atoms with van der Waals surface area (Å²) in [7, 11) is 0. The van der Waals surface area contributed by atoms with Crippen LogP contribution in [0.4, 0.5) is 0 Å². The fraction of sp³-hybridized carbons (Fsp3) is 0.200. The van der Waals surface area contributed by atoms with Crippen molar-refractivity contribution >= 4 is 35.1 Å². The average molecular weight is 683 g/mol. The molecule has 0 heterocycles. The highest BCUT2D eigenvalue weighted by atomic mass is 35.5. The molecule has 5 aromatic rings. The first-order valence-corrected chi connectivity index (χ1v) is 16.7. The number of aryl methyl sites for hydroxylation is 1. The van der Waals surface area contributed by atoms with Crippen LogP contribution in [0.15, 0.2) is 140 Å². The third-order valence-corrected chi connectivity index (χ3v) is 8.00. The van der Waals surface area contributed by atoms with Crippen LogP contribution in [0.3, 0.4) is 0 Å². The molecule has 0 spiro atoms. The predicted octanol–water partition coefficient (Wildman–Crippen LogP) is 8.89. The Hall–Kier alpha value is -4.78. The highest BCUT2D eigenvalue weighted by molar-refractivity contribution is 6.52. The zero-order valence-corrected chi connectivity index (χ0v) is 27.9. The molecule has 0 aliphatic carbocycles. The maximum atomic E-state index is 14.3. The molecular weight excluding hydrogens is 645 g/mol. The van der Waals surface area contributed by atoms with Crippen molar-refractivity contribution in [3.8, 4) is 11.5 Å². The van der Waals surface area contributed by atoms with Gasteiger partial charge >= 0.3 is 5.97 Å². The molecular formula is C40H37Cl2NO5. The molecule has 1 amide bonds. The maximum Gasteiger partial charge on any atom is 0.340 e. The first-order chi connectivity index (χ1) is 23.4. The lowest BCUT2D eigenvalue weighted by Crippen LogP contribution is -2.38. The summed E-state index contributed by atoms with van der Waals surface area (Å²) in [5, 5.41) is 0. The molecule has 1 atom stereocenters. The summed E-state index contributed by atoms with van der Waals surface area (Å²) in [6, 6.07) is 44.5. The van der Waals surface area contributed by atoms with Crippen molar-refractivity contribution in [1.82, 2.24) is 4.90 Å². The number of halogens is 2. The van der Waals surface area contributed by atoms with E-state index >= 15 is 0 Å². The van der Waals surface area contributed by atoms with E-state index in [0.29, 0.717) is 44.0 Å². The van der Waals surface area contributed by atoms with Crippen LogP contribution >= 0.6 is 23.2 Å². The molecule has 0 radical (unpaired) electrons. The quantitative estimate of drug-likeness (QED) is 0.0769. The molecule has 1 unspecified atom stereocenters. The molecule has 0 saturated carbocycles. The molecule has 0 saturated heterocycles. The van der Waals surface area contributed by atoms with Crippen molar-refractivity contribution in [1.29, 1.82) is 0 Å². The molecule has 8 heteroatoms. The lowest BCUT2D eigenvalue weighted by atomic mass is 10.1. The zero-order chi connectivity index (χ0) is 33.6. The van der Waals surface area contributed by atoms with Crippen LogP contribution in [0, 0.1) is 0 Å². The lowest BCUT2D eigenvalue weighted by molar-refractivity contribution is -0.160. The van der Waals surface area contributed by atoms with Gasteiger partial charge in [-0.15, -0.1) is 0 Å². The SMILES string of the molecule is O=C(OC(C(=O)N(CCCc1ccc(OCc2ccccc2)cc1)Cc1ccccc1)c1cccc(OCc2ccccc2)c1)C(Cl)Cl. The minimum Gasteiger partial charge on any atom is -0.489 e. The standard InChI is InChI=1S/C40H37Cl2NO5/c41-38(42)40(45)48-37(34-19-10-20-36(26-34)47-29-33-16-8-3-9-17-33)39(44)43(27-31-12-4-1-5-13-31)25-11-18-30-21-23-35(24-22-30)46-28-32-14-6-2-7-15-32/h1-10,12-17,19-24,26,37-38H,11,18,25,27-29H2. The monoisotopic (exact) mass is 681 g/mol. The molecule has 0 aliphatic rings. The van der Waals surface area contributed by atoms with E-state index in [1.54, 1.807) is 29.2 Å². The predicted molar refractivity (Wildman–Crippen MR) is 189 cm³/mol. The van der Waals surface area contributed by atoms with Crippen LogP contribution in [-0.4, -0.2) is 28.2 Å². The second kappa shape index (κ2) is 17.9. The molecule has 0 aromatic heterocycles. The molecule has 5 aromatic carbocycles. The topological polar surface area (TPSA) is 65.1 Å². The Balaban J connectivity index is 1.29. The summed E-state index contributed by atoms with van der Waals surface area (Å²) in [5.41, 5.74) is 4.62. The lowest BCUT2D eigenvalue weighted by Gasteiger charge is -2.28. The van der Waals surface area contributed by atoms with Gasteiger partial charge in [-0.3, -0.25) is 4.79 Å². The number of amides is 1. The first-order valence-electron chi connectivity index (χ1n) is 15.8. The minimum absolute atomic E-state index is 0.329. The summed E-state index contributed by atoms with van der Waals surface area (Å²) in [4.78, 5) is 27.2. The van der Waals surface area contributed by atoms with E-state index in [1.807, 2.05) is 115 Å². The van der Waals surface area contributed by atoms with E-state index in [9.17, 15) is 9.59 Å². The summed E-state index contributed by atoms with van der Waals surface area (Å²) >= 11 is 11.7. The summed E-state index contributed by atoms with van der Waals surface area (Å²) in [6.07, 6.45) is 0.135. The number of hydrogen-bond acceptors (Lipinski definition) is 5. The second-order valence-electron chi connectivity index (χ2n) is 11.2. The molecule has 0 aliphatic heterocycles. The van der Waals surface area contributed by atoms with Gasteiger partial charge in [-0.1, -0.05) is 138 Å². The number of ether oxygens (including phenoxy) is 3. The van der Waals surface area contributed by atoms with Crippen LogP contribution in [0.1, 0.15) is 40.3 Å². The highest BCUT2D eigenvalue weighted by Gasteiger charge is 2.31. The Kier molecular flexibility index (Phi) is 12.9. The Morgan fingerprint density at radius 3 is 1.75 bits per heavy atom. The van der Waals surface area contributed by atoms with Gasteiger partial charge in [0.05, 0.1) is 0 Å². The molecule has 48 heavy (non-hydrogen) atoms. The third-order valence-electron chi connectivity index (χ3n) is 7.64. The number of esters is 1. The molecule has 0 bridgehead atoms. The van der Waals surface area contributed by atoms with Crippen molar-refractivity contribution in [2.75, 3.05) is 6.54 Å². The largest absolute Gasteiger partial charge is 0.489 e. The van der Waals surface area contributed by atoms with Gasteiger partial charge in [0.15, 0.2) is 0 Å². The van der Waals surface area contributed by atoms with Gasteiger partial charge in [-0.05, 0) is 59.4 Å². The van der Waals surface area contributed by atoms with Crippen LogP contribution in [0.2, 0.25) is 0 Å². The molecule has 0 N–H and O–H groups in total. The first kappa shape index (κ1) is 34.6. The van der Waals surface area contributed by atoms with E-state index in [-0.39, 0.29) is 5.91 Å². The van der Waals surface area contributed by atoms with E-state index in [2.05, 4.69) is 0 Å². The number of rotatable bonds is 16. The van der Waals surface area contributed by atoms with Crippen LogP contribution < -0.4 is 9.47 Å². The minimum atomic E-state index is -1.44. The number of benzene rings is 5. The van der Waals surface area contributed by atoms with Gasteiger partial charge in [-0.2, -0.15) is 0 Å². The van der Waals surface area contributed by atoms with E-state index in [4.69, 9.17) is 37.4 Å². The number of alkyl halides is 2. The number of carbonyl (C=O) groups excluding carboxylic acids is 2. The molecule has 6 nitrogen and oxygen atoms in total. The molecule has 246 valence electrons. The van der Waals surface area contributed by atoms with Crippen LogP contribution in [0.5, 0.6) is 11.5 Å². The van der Waals surface area contributed by atoms with Crippen molar-refractivity contribution in [2.24, 2.45) is 0 Å². The summed E-state index contributed by atoms with van der Waals surface area (Å²) < 4.78 is 17.6. The number of hydrogen-bond donors (Lipinski definition) is 0. The van der Waals surface area contributed by atoms with Gasteiger partial charge in [0.25, 0.3) is 5.91 Å². The number of carbonyl (C=O) groups is 2. The van der Waals surface area contributed by atoms with Gasteiger partial charge < -0.3 is 19.1 Å². The van der Waals surface area contributed by atoms with E-state index < -0.39 is 16.9 Å². The fourth-order valence-electron chi connectivity index (χ4n) is 5.14. The Labute approximate surface area is 291 Å². The Morgan fingerprint density at radius 2 is 1.17 bits per heavy atom. The van der Waals surface area contributed by atoms with Crippen molar-refractivity contribution in [2.45, 2.75) is 43.5 Å². The molecule has 5 rings (SSSR count). The van der Waals surface area contributed by atoms with Gasteiger partial charge in [0.1, 0.15) is 24.7 Å². The van der Waals surface area contributed by atoms with E-state index in [0.717, 1.165) is 34.4 Å². The fourth-order valence-corrected chi connectivity index (χ4v) is 5.24. The average Bonchev–Trinajstić information content (AvgIpc) is 3.13. The van der Waals surface area contributed by atoms with E-state index in [1.165, 1.54) is 0 Å². The van der Waals surface area contributed by atoms with Crippen molar-refractivity contribution in [3.05, 3.63) is 167 Å². The highest BCUT2D eigenvalue weighted by Crippen LogP contribution is 2.28.